The highest BCUT2D eigenvalue weighted by Gasteiger charge is 2.26. The molecule has 0 spiro atoms. The van der Waals surface area contributed by atoms with Crippen molar-refractivity contribution in [2.24, 2.45) is 0 Å². The fraction of sp³-hybridized carbons (Fsp3) is 0. The summed E-state index contributed by atoms with van der Waals surface area (Å²) >= 11 is 0. The van der Waals surface area contributed by atoms with E-state index >= 15 is 0 Å². The van der Waals surface area contributed by atoms with E-state index in [-0.39, 0.29) is 0 Å². The predicted molar refractivity (Wildman–Crippen MR) is 313 cm³/mol. The van der Waals surface area contributed by atoms with Gasteiger partial charge >= 0.3 is 0 Å². The Labute approximate surface area is 436 Å². The van der Waals surface area contributed by atoms with E-state index in [2.05, 4.69) is 243 Å². The number of para-hydroxylation sites is 6. The standard InChI is InChI=1S/C69H43N7/c1-5-21-44(22-6-1)67-70-68(45-23-7-2-8-24-45)72-69(71-67)46-41-49(75-61-35-19-15-31-53(61)57-39-37-55-51-29-13-17-33-59(51)73(63(55)65(57)75)47-25-9-3-10-26-47)43-50(42-46)76-62-36-20-16-32-54(62)58-40-38-56-52-30-14-18-34-60(52)74(64(56)66(58)76)48-27-11-4-12-28-48/h1-43H. The van der Waals surface area contributed by atoms with Gasteiger partial charge in [0, 0.05) is 82.5 Å². The Morgan fingerprint density at radius 1 is 0.197 bits per heavy atom. The van der Waals surface area contributed by atoms with Gasteiger partial charge in [-0.15, -0.1) is 0 Å². The van der Waals surface area contributed by atoms with Crippen LogP contribution in [-0.2, 0) is 0 Å². The van der Waals surface area contributed by atoms with Gasteiger partial charge in [0.1, 0.15) is 0 Å². The minimum Gasteiger partial charge on any atom is -0.307 e. The Kier molecular flexibility index (Phi) is 9.20. The van der Waals surface area contributed by atoms with Crippen LogP contribution in [0.1, 0.15) is 0 Å². The fourth-order valence-corrected chi connectivity index (χ4v) is 12.1. The topological polar surface area (TPSA) is 58.4 Å². The summed E-state index contributed by atoms with van der Waals surface area (Å²) in [5.41, 5.74) is 15.8. The molecule has 354 valence electrons. The SMILES string of the molecule is c1ccc(-c2nc(-c3ccccc3)nc(-c3cc(-n4c5ccccc5c5ccc6c7ccccc7n(-c7ccccc7)c6c54)cc(-n4c5ccccc5c5ccc6c7ccccc7n(-c7ccccc7)c6c54)c3)n2)cc1. The zero-order valence-corrected chi connectivity index (χ0v) is 41.0. The van der Waals surface area contributed by atoms with E-state index < -0.39 is 0 Å². The van der Waals surface area contributed by atoms with Crippen LogP contribution in [0.25, 0.3) is 144 Å². The number of fused-ring (bicyclic) bond motifs is 14. The first-order valence-corrected chi connectivity index (χ1v) is 25.8. The molecule has 0 radical (unpaired) electrons. The van der Waals surface area contributed by atoms with Crippen molar-refractivity contribution in [3.63, 3.8) is 0 Å². The van der Waals surface area contributed by atoms with Crippen molar-refractivity contribution in [3.8, 4) is 56.9 Å². The molecule has 0 amide bonds. The molecule has 16 aromatic rings. The van der Waals surface area contributed by atoms with Crippen molar-refractivity contribution in [2.45, 2.75) is 0 Å². The fourth-order valence-electron chi connectivity index (χ4n) is 12.1. The van der Waals surface area contributed by atoms with Crippen LogP contribution in [0.4, 0.5) is 0 Å². The van der Waals surface area contributed by atoms with Crippen molar-refractivity contribution in [2.75, 3.05) is 0 Å². The minimum atomic E-state index is 0.574. The average molecular weight is 970 g/mol. The zero-order valence-electron chi connectivity index (χ0n) is 41.0. The third-order valence-corrected chi connectivity index (χ3v) is 15.3. The molecule has 0 unspecified atom stereocenters. The van der Waals surface area contributed by atoms with Gasteiger partial charge in [-0.05, 0) is 66.7 Å². The number of aromatic nitrogens is 7. The molecule has 5 heterocycles. The molecule has 0 aliphatic heterocycles. The normalized spacial score (nSPS) is 11.9. The Bertz CT molecular complexity index is 4660. The maximum atomic E-state index is 5.41. The van der Waals surface area contributed by atoms with Gasteiger partial charge < -0.3 is 18.3 Å². The first-order chi connectivity index (χ1) is 37.7. The van der Waals surface area contributed by atoms with Gasteiger partial charge in [-0.1, -0.05) is 194 Å². The van der Waals surface area contributed by atoms with E-state index in [0.717, 1.165) is 83.6 Å². The second kappa shape index (κ2) is 16.6. The first kappa shape index (κ1) is 42.2. The van der Waals surface area contributed by atoms with Gasteiger partial charge in [0.25, 0.3) is 0 Å². The van der Waals surface area contributed by atoms with Gasteiger partial charge in [0.2, 0.25) is 0 Å². The number of rotatable bonds is 7. The summed E-state index contributed by atoms with van der Waals surface area (Å²) in [6.07, 6.45) is 0. The van der Waals surface area contributed by atoms with Crippen molar-refractivity contribution in [1.29, 1.82) is 0 Å². The smallest absolute Gasteiger partial charge is 0.164 e. The van der Waals surface area contributed by atoms with Crippen LogP contribution < -0.4 is 0 Å². The molecular weight excluding hydrogens is 927 g/mol. The second-order valence-corrected chi connectivity index (χ2v) is 19.6. The van der Waals surface area contributed by atoms with E-state index in [1.54, 1.807) is 0 Å². The lowest BCUT2D eigenvalue weighted by atomic mass is 10.1. The molecule has 0 aliphatic rings. The van der Waals surface area contributed by atoms with Gasteiger partial charge in [-0.25, -0.2) is 15.0 Å². The molecule has 0 N–H and O–H groups in total. The molecule has 0 saturated carbocycles. The number of nitrogens with zero attached hydrogens (tertiary/aromatic N) is 7. The van der Waals surface area contributed by atoms with Gasteiger partial charge in [0.05, 0.1) is 44.1 Å². The molecule has 7 heteroatoms. The van der Waals surface area contributed by atoms with Crippen LogP contribution in [0.2, 0.25) is 0 Å². The summed E-state index contributed by atoms with van der Waals surface area (Å²) in [6.45, 7) is 0. The Balaban J connectivity index is 1.09. The van der Waals surface area contributed by atoms with E-state index in [0.29, 0.717) is 17.5 Å². The lowest BCUT2D eigenvalue weighted by Gasteiger charge is -2.17. The molecule has 0 bridgehead atoms. The van der Waals surface area contributed by atoms with Crippen LogP contribution >= 0.6 is 0 Å². The summed E-state index contributed by atoms with van der Waals surface area (Å²) in [7, 11) is 0. The number of benzene rings is 11. The third kappa shape index (κ3) is 6.26. The Morgan fingerprint density at radius 2 is 0.461 bits per heavy atom. The van der Waals surface area contributed by atoms with Crippen molar-refractivity contribution < 1.29 is 0 Å². The van der Waals surface area contributed by atoms with E-state index in [1.807, 2.05) is 36.4 Å². The Hall–Kier alpha value is -10.4. The molecule has 0 fully saturated rings. The van der Waals surface area contributed by atoms with Gasteiger partial charge in [-0.2, -0.15) is 0 Å². The quantitative estimate of drug-likeness (QED) is 0.160. The van der Waals surface area contributed by atoms with Crippen LogP contribution in [-0.4, -0.2) is 33.2 Å². The van der Waals surface area contributed by atoms with E-state index in [1.165, 1.54) is 43.1 Å². The molecule has 0 atom stereocenters. The van der Waals surface area contributed by atoms with Crippen molar-refractivity contribution in [1.82, 2.24) is 33.2 Å². The van der Waals surface area contributed by atoms with Gasteiger partial charge in [-0.3, -0.25) is 0 Å². The molecule has 16 rings (SSSR count). The van der Waals surface area contributed by atoms with Crippen molar-refractivity contribution >= 4 is 87.2 Å². The molecule has 0 aliphatic carbocycles. The average Bonchev–Trinajstić information content (AvgIpc) is 4.43. The first-order valence-electron chi connectivity index (χ1n) is 25.8. The third-order valence-electron chi connectivity index (χ3n) is 15.3. The molecular formula is C69H43N7. The zero-order chi connectivity index (χ0) is 49.8. The van der Waals surface area contributed by atoms with Gasteiger partial charge in [0.15, 0.2) is 17.5 Å². The largest absolute Gasteiger partial charge is 0.307 e. The maximum Gasteiger partial charge on any atom is 0.164 e. The molecule has 76 heavy (non-hydrogen) atoms. The van der Waals surface area contributed by atoms with Crippen molar-refractivity contribution in [3.05, 3.63) is 261 Å². The summed E-state index contributed by atoms with van der Waals surface area (Å²) < 4.78 is 9.87. The minimum absolute atomic E-state index is 0.574. The molecule has 0 saturated heterocycles. The molecule has 7 nitrogen and oxygen atoms in total. The highest BCUT2D eigenvalue weighted by atomic mass is 15.1. The van der Waals surface area contributed by atoms with Crippen LogP contribution in [0.3, 0.4) is 0 Å². The van der Waals surface area contributed by atoms with Crippen LogP contribution in [0.5, 0.6) is 0 Å². The Morgan fingerprint density at radius 3 is 0.789 bits per heavy atom. The summed E-state index contributed by atoms with van der Waals surface area (Å²) in [5.74, 6) is 1.78. The molecule has 11 aromatic carbocycles. The summed E-state index contributed by atoms with van der Waals surface area (Å²) in [4.78, 5) is 16.0. The lowest BCUT2D eigenvalue weighted by molar-refractivity contribution is 1.07. The lowest BCUT2D eigenvalue weighted by Crippen LogP contribution is -2.04. The summed E-state index contributed by atoms with van der Waals surface area (Å²) in [5, 5.41) is 9.43. The summed E-state index contributed by atoms with van der Waals surface area (Å²) in [6, 6.07) is 93.5. The predicted octanol–water partition coefficient (Wildman–Crippen LogP) is 17.3. The highest BCUT2D eigenvalue weighted by molar-refractivity contribution is 6.25. The van der Waals surface area contributed by atoms with Crippen LogP contribution in [0.15, 0.2) is 261 Å². The second-order valence-electron chi connectivity index (χ2n) is 19.6. The monoisotopic (exact) mass is 969 g/mol. The maximum absolute atomic E-state index is 5.41. The number of hydrogen-bond donors (Lipinski definition) is 0. The van der Waals surface area contributed by atoms with E-state index in [4.69, 9.17) is 15.0 Å². The number of hydrogen-bond acceptors (Lipinski definition) is 3. The highest BCUT2D eigenvalue weighted by Crippen LogP contribution is 2.45. The molecule has 5 aromatic heterocycles. The van der Waals surface area contributed by atoms with E-state index in [9.17, 15) is 0 Å². The van der Waals surface area contributed by atoms with Crippen LogP contribution in [0, 0.1) is 0 Å².